The summed E-state index contributed by atoms with van der Waals surface area (Å²) in [5.41, 5.74) is 1.66. The Morgan fingerprint density at radius 3 is 2.58 bits per heavy atom. The molecule has 2 saturated heterocycles. The Hall–Kier alpha value is -1.93. The van der Waals surface area contributed by atoms with Crippen LogP contribution >= 0.6 is 23.1 Å². The van der Waals surface area contributed by atoms with E-state index >= 15 is 0 Å². The lowest BCUT2D eigenvalue weighted by atomic mass is 9.93. The summed E-state index contributed by atoms with van der Waals surface area (Å²) in [5, 5.41) is 1.93. The van der Waals surface area contributed by atoms with E-state index in [1.807, 2.05) is 15.2 Å². The number of hydrogen-bond acceptors (Lipinski definition) is 5. The standard InChI is InChI=1S/C23H28FN3O2S2/c1-16-3-2-10-27(13-16)22(29)18-8-11-26(12-9-18)21(28)15-31-23-25-20(14-30-23)17-4-6-19(24)7-5-17/h4-7,14,16,18H,2-3,8-13,15H2,1H3. The lowest BCUT2D eigenvalue weighted by Crippen LogP contribution is -2.47. The van der Waals surface area contributed by atoms with E-state index in [0.717, 1.165) is 47.9 Å². The summed E-state index contributed by atoms with van der Waals surface area (Å²) in [6, 6.07) is 6.26. The van der Waals surface area contributed by atoms with Crippen molar-refractivity contribution in [3.05, 3.63) is 35.5 Å². The summed E-state index contributed by atoms with van der Waals surface area (Å²) < 4.78 is 13.9. The molecule has 3 heterocycles. The van der Waals surface area contributed by atoms with E-state index in [2.05, 4.69) is 11.9 Å². The molecule has 0 N–H and O–H groups in total. The van der Waals surface area contributed by atoms with E-state index in [9.17, 15) is 14.0 Å². The fourth-order valence-corrected chi connectivity index (χ4v) is 6.05. The van der Waals surface area contributed by atoms with E-state index in [4.69, 9.17) is 0 Å². The van der Waals surface area contributed by atoms with Crippen LogP contribution in [0.2, 0.25) is 0 Å². The molecule has 1 aromatic carbocycles. The highest BCUT2D eigenvalue weighted by atomic mass is 32.2. The summed E-state index contributed by atoms with van der Waals surface area (Å²) in [7, 11) is 0. The number of carbonyl (C=O) groups is 2. The number of nitrogens with zero attached hydrogens (tertiary/aromatic N) is 3. The Labute approximate surface area is 191 Å². The largest absolute Gasteiger partial charge is 0.342 e. The van der Waals surface area contributed by atoms with Gasteiger partial charge in [-0.2, -0.15) is 0 Å². The van der Waals surface area contributed by atoms with E-state index in [1.54, 1.807) is 12.1 Å². The minimum atomic E-state index is -0.268. The summed E-state index contributed by atoms with van der Waals surface area (Å²) in [4.78, 5) is 33.9. The van der Waals surface area contributed by atoms with Gasteiger partial charge in [0.1, 0.15) is 5.82 Å². The highest BCUT2D eigenvalue weighted by Gasteiger charge is 2.31. The van der Waals surface area contributed by atoms with Crippen molar-refractivity contribution in [1.29, 1.82) is 0 Å². The molecule has 2 aromatic rings. The van der Waals surface area contributed by atoms with Crippen molar-refractivity contribution in [3.63, 3.8) is 0 Å². The number of rotatable bonds is 5. The highest BCUT2D eigenvalue weighted by molar-refractivity contribution is 8.01. The number of hydrogen-bond donors (Lipinski definition) is 0. The molecule has 1 unspecified atom stereocenters. The van der Waals surface area contributed by atoms with E-state index in [1.165, 1.54) is 41.7 Å². The molecule has 8 heteroatoms. The van der Waals surface area contributed by atoms with Crippen LogP contribution in [-0.2, 0) is 9.59 Å². The van der Waals surface area contributed by atoms with Gasteiger partial charge in [-0.3, -0.25) is 9.59 Å². The first-order valence-electron chi connectivity index (χ1n) is 10.9. The van der Waals surface area contributed by atoms with Crippen LogP contribution in [0.4, 0.5) is 4.39 Å². The second-order valence-corrected chi connectivity index (χ2v) is 10.6. The molecule has 4 rings (SSSR count). The van der Waals surface area contributed by atoms with Gasteiger partial charge in [-0.05, 0) is 55.9 Å². The molecular weight excluding hydrogens is 433 g/mol. The normalized spacial score (nSPS) is 20.1. The Balaban J connectivity index is 1.23. The molecule has 0 saturated carbocycles. The van der Waals surface area contributed by atoms with Crippen molar-refractivity contribution in [2.75, 3.05) is 31.9 Å². The molecule has 2 fully saturated rings. The third-order valence-corrected chi connectivity index (χ3v) is 8.11. The number of carbonyl (C=O) groups excluding carboxylic acids is 2. The zero-order valence-corrected chi connectivity index (χ0v) is 19.4. The van der Waals surface area contributed by atoms with E-state index < -0.39 is 0 Å². The third kappa shape index (κ3) is 5.66. The van der Waals surface area contributed by atoms with Crippen molar-refractivity contribution in [3.8, 4) is 11.3 Å². The van der Waals surface area contributed by atoms with Crippen LogP contribution in [0.3, 0.4) is 0 Å². The van der Waals surface area contributed by atoms with Crippen LogP contribution in [0, 0.1) is 17.7 Å². The fraction of sp³-hybridized carbons (Fsp3) is 0.522. The van der Waals surface area contributed by atoms with Crippen molar-refractivity contribution < 1.29 is 14.0 Å². The maximum absolute atomic E-state index is 13.1. The maximum atomic E-state index is 13.1. The molecule has 1 aromatic heterocycles. The topological polar surface area (TPSA) is 53.5 Å². The average molecular weight is 462 g/mol. The predicted molar refractivity (Wildman–Crippen MR) is 123 cm³/mol. The van der Waals surface area contributed by atoms with Gasteiger partial charge in [0, 0.05) is 43.0 Å². The highest BCUT2D eigenvalue weighted by Crippen LogP contribution is 2.29. The minimum absolute atomic E-state index is 0.0548. The number of piperidine rings is 2. The Kier molecular flexibility index (Phi) is 7.27. The quantitative estimate of drug-likeness (QED) is 0.614. The van der Waals surface area contributed by atoms with Crippen LogP contribution in [-0.4, -0.2) is 58.5 Å². The lowest BCUT2D eigenvalue weighted by molar-refractivity contribution is -0.141. The number of aromatic nitrogens is 1. The first kappa shape index (κ1) is 22.3. The van der Waals surface area contributed by atoms with Crippen molar-refractivity contribution >= 4 is 34.9 Å². The van der Waals surface area contributed by atoms with Crippen molar-refractivity contribution in [1.82, 2.24) is 14.8 Å². The molecule has 2 aliphatic heterocycles. The van der Waals surface area contributed by atoms with Gasteiger partial charge < -0.3 is 9.80 Å². The molecule has 1 atom stereocenters. The average Bonchev–Trinajstić information content (AvgIpc) is 3.26. The second kappa shape index (κ2) is 10.1. The SMILES string of the molecule is CC1CCCN(C(=O)C2CCN(C(=O)CSc3nc(-c4ccc(F)cc4)cs3)CC2)C1. The minimum Gasteiger partial charge on any atom is -0.342 e. The Morgan fingerprint density at radius 1 is 1.13 bits per heavy atom. The zero-order valence-electron chi connectivity index (χ0n) is 17.8. The molecule has 0 radical (unpaired) electrons. The van der Waals surface area contributed by atoms with Crippen molar-refractivity contribution in [2.24, 2.45) is 11.8 Å². The van der Waals surface area contributed by atoms with Crippen molar-refractivity contribution in [2.45, 2.75) is 36.9 Å². The number of benzene rings is 1. The fourth-order valence-electron chi connectivity index (χ4n) is 4.32. The molecule has 0 aliphatic carbocycles. The number of halogens is 1. The summed E-state index contributed by atoms with van der Waals surface area (Å²) in [5.74, 6) is 1.10. The van der Waals surface area contributed by atoms with Crippen LogP contribution in [0.25, 0.3) is 11.3 Å². The summed E-state index contributed by atoms with van der Waals surface area (Å²) >= 11 is 2.93. The predicted octanol–water partition coefficient (Wildman–Crippen LogP) is 4.54. The Bertz CT molecular complexity index is 910. The molecule has 0 spiro atoms. The monoisotopic (exact) mass is 461 g/mol. The number of thioether (sulfide) groups is 1. The molecule has 31 heavy (non-hydrogen) atoms. The van der Waals surface area contributed by atoms with Gasteiger partial charge >= 0.3 is 0 Å². The first-order chi connectivity index (χ1) is 15.0. The van der Waals surface area contributed by atoms with Gasteiger partial charge in [-0.1, -0.05) is 18.7 Å². The number of amides is 2. The number of thiazole rings is 1. The molecule has 5 nitrogen and oxygen atoms in total. The van der Waals surface area contributed by atoms with Crippen LogP contribution in [0.15, 0.2) is 34.0 Å². The second-order valence-electron chi connectivity index (χ2n) is 8.48. The molecule has 166 valence electrons. The van der Waals surface area contributed by atoms with Gasteiger partial charge in [0.05, 0.1) is 11.4 Å². The lowest BCUT2D eigenvalue weighted by Gasteiger charge is -2.37. The van der Waals surface area contributed by atoms with Gasteiger partial charge in [0.25, 0.3) is 0 Å². The molecule has 0 bridgehead atoms. The smallest absolute Gasteiger partial charge is 0.233 e. The maximum Gasteiger partial charge on any atom is 0.233 e. The third-order valence-electron chi connectivity index (χ3n) is 6.11. The first-order valence-corrected chi connectivity index (χ1v) is 12.8. The molecule has 2 aliphatic rings. The molecule has 2 amide bonds. The van der Waals surface area contributed by atoms with Gasteiger partial charge in [0.2, 0.25) is 11.8 Å². The van der Waals surface area contributed by atoms with Crippen LogP contribution < -0.4 is 0 Å². The van der Waals surface area contributed by atoms with E-state index in [-0.39, 0.29) is 23.5 Å². The van der Waals surface area contributed by atoms with Gasteiger partial charge in [-0.25, -0.2) is 9.37 Å². The summed E-state index contributed by atoms with van der Waals surface area (Å²) in [6.45, 7) is 5.27. The molecular formula is C23H28FN3O2S2. The Morgan fingerprint density at radius 2 is 1.87 bits per heavy atom. The van der Waals surface area contributed by atoms with Gasteiger partial charge in [0.15, 0.2) is 4.34 Å². The van der Waals surface area contributed by atoms with Crippen LogP contribution in [0.1, 0.15) is 32.6 Å². The van der Waals surface area contributed by atoms with E-state index in [0.29, 0.717) is 24.8 Å². The summed E-state index contributed by atoms with van der Waals surface area (Å²) in [6.07, 6.45) is 3.82. The number of likely N-dealkylation sites (tertiary alicyclic amines) is 2. The zero-order chi connectivity index (χ0) is 21.8. The van der Waals surface area contributed by atoms with Gasteiger partial charge in [-0.15, -0.1) is 11.3 Å². The van der Waals surface area contributed by atoms with Crippen LogP contribution in [0.5, 0.6) is 0 Å².